The Morgan fingerprint density at radius 2 is 1.94 bits per heavy atom. The normalized spacial score (nSPS) is 16.4. The van der Waals surface area contributed by atoms with Crippen LogP contribution in [0.25, 0.3) is 0 Å². The monoisotopic (exact) mass is 246 g/mol. The highest BCUT2D eigenvalue weighted by atomic mass is 16.1. The molecular weight excluding hydrogens is 224 g/mol. The van der Waals surface area contributed by atoms with Gasteiger partial charge in [-0.05, 0) is 62.9 Å². The van der Waals surface area contributed by atoms with Crippen molar-refractivity contribution in [2.45, 2.75) is 33.6 Å². The predicted molar refractivity (Wildman–Crippen MR) is 73.7 cm³/mol. The van der Waals surface area contributed by atoms with Crippen LogP contribution in [0.5, 0.6) is 0 Å². The zero-order chi connectivity index (χ0) is 13.3. The third kappa shape index (κ3) is 2.41. The highest BCUT2D eigenvalue weighted by Gasteiger charge is 2.41. The lowest BCUT2D eigenvalue weighted by Crippen LogP contribution is -2.34. The second-order valence-electron chi connectivity index (χ2n) is 5.57. The summed E-state index contributed by atoms with van der Waals surface area (Å²) < 4.78 is 0. The molecule has 18 heavy (non-hydrogen) atoms. The maximum Gasteiger partial charge on any atom is 0.251 e. The van der Waals surface area contributed by atoms with Crippen molar-refractivity contribution in [3.05, 3.63) is 34.4 Å². The summed E-state index contributed by atoms with van der Waals surface area (Å²) in [6, 6.07) is 3.92. The maximum atomic E-state index is 12.2. The van der Waals surface area contributed by atoms with Gasteiger partial charge < -0.3 is 11.1 Å². The van der Waals surface area contributed by atoms with Gasteiger partial charge in [0, 0.05) is 17.5 Å². The Morgan fingerprint density at radius 1 is 1.28 bits per heavy atom. The first-order valence-electron chi connectivity index (χ1n) is 6.54. The zero-order valence-electron chi connectivity index (χ0n) is 11.5. The summed E-state index contributed by atoms with van der Waals surface area (Å²) in [4.78, 5) is 12.2. The smallest absolute Gasteiger partial charge is 0.251 e. The van der Waals surface area contributed by atoms with Crippen LogP contribution in [-0.2, 0) is 0 Å². The average molecular weight is 246 g/mol. The number of aryl methyl sites for hydroxylation is 1. The predicted octanol–water partition coefficient (Wildman–Crippen LogP) is 2.08. The minimum absolute atomic E-state index is 0.0234. The Balaban J connectivity index is 2.07. The van der Waals surface area contributed by atoms with Crippen LogP contribution in [0.1, 0.15) is 39.9 Å². The number of carbonyl (C=O) groups is 1. The van der Waals surface area contributed by atoms with Crippen LogP contribution in [0.4, 0.5) is 0 Å². The lowest BCUT2D eigenvalue weighted by atomic mass is 9.98. The molecule has 0 aromatic heterocycles. The number of rotatable bonds is 4. The van der Waals surface area contributed by atoms with Crippen LogP contribution in [0.15, 0.2) is 12.1 Å². The molecule has 3 heteroatoms. The van der Waals surface area contributed by atoms with Crippen molar-refractivity contribution >= 4 is 5.91 Å². The SMILES string of the molecule is Cc1ccc(C(=O)NCC2(CN)CC2)c(C)c1C. The Morgan fingerprint density at radius 3 is 2.50 bits per heavy atom. The molecule has 1 aromatic carbocycles. The van der Waals surface area contributed by atoms with E-state index in [0.717, 1.165) is 24.0 Å². The topological polar surface area (TPSA) is 55.1 Å². The minimum atomic E-state index is 0.0234. The quantitative estimate of drug-likeness (QED) is 0.854. The standard InChI is InChI=1S/C15H22N2O/c1-10-4-5-13(12(3)11(10)2)14(18)17-9-15(8-16)6-7-15/h4-5H,6-9,16H2,1-3H3,(H,17,18). The highest BCUT2D eigenvalue weighted by molar-refractivity contribution is 5.96. The van der Waals surface area contributed by atoms with Gasteiger partial charge in [-0.1, -0.05) is 6.07 Å². The zero-order valence-corrected chi connectivity index (χ0v) is 11.5. The van der Waals surface area contributed by atoms with E-state index in [2.05, 4.69) is 19.2 Å². The summed E-state index contributed by atoms with van der Waals surface area (Å²) in [6.45, 7) is 7.50. The van der Waals surface area contributed by atoms with Crippen molar-refractivity contribution in [2.75, 3.05) is 13.1 Å². The van der Waals surface area contributed by atoms with E-state index in [-0.39, 0.29) is 11.3 Å². The molecule has 0 saturated heterocycles. The lowest BCUT2D eigenvalue weighted by Gasteiger charge is -2.15. The van der Waals surface area contributed by atoms with Gasteiger partial charge in [0.25, 0.3) is 5.91 Å². The molecule has 0 heterocycles. The van der Waals surface area contributed by atoms with Gasteiger partial charge in [-0.2, -0.15) is 0 Å². The summed E-state index contributed by atoms with van der Waals surface area (Å²) in [7, 11) is 0. The van der Waals surface area contributed by atoms with E-state index in [1.54, 1.807) is 0 Å². The van der Waals surface area contributed by atoms with Crippen LogP contribution in [0.3, 0.4) is 0 Å². The third-order valence-corrected chi connectivity index (χ3v) is 4.32. The average Bonchev–Trinajstić information content (AvgIpc) is 3.14. The van der Waals surface area contributed by atoms with E-state index in [1.165, 1.54) is 11.1 Å². The number of hydrogen-bond donors (Lipinski definition) is 2. The van der Waals surface area contributed by atoms with E-state index >= 15 is 0 Å². The van der Waals surface area contributed by atoms with Gasteiger partial charge >= 0.3 is 0 Å². The molecule has 1 amide bonds. The Hall–Kier alpha value is -1.35. The second kappa shape index (κ2) is 4.73. The molecule has 1 fully saturated rings. The molecule has 1 aliphatic rings. The van der Waals surface area contributed by atoms with E-state index in [1.807, 2.05) is 19.1 Å². The van der Waals surface area contributed by atoms with Crippen molar-refractivity contribution < 1.29 is 4.79 Å². The molecule has 98 valence electrons. The van der Waals surface area contributed by atoms with Crippen molar-refractivity contribution in [3.63, 3.8) is 0 Å². The summed E-state index contributed by atoms with van der Waals surface area (Å²) >= 11 is 0. The third-order valence-electron chi connectivity index (χ3n) is 4.32. The molecule has 0 bridgehead atoms. The molecule has 3 nitrogen and oxygen atoms in total. The van der Waals surface area contributed by atoms with Crippen molar-refractivity contribution in [1.29, 1.82) is 0 Å². The fourth-order valence-corrected chi connectivity index (χ4v) is 2.19. The Bertz CT molecular complexity index is 476. The summed E-state index contributed by atoms with van der Waals surface area (Å²) in [5.74, 6) is 0.0234. The van der Waals surface area contributed by atoms with Gasteiger partial charge in [0.2, 0.25) is 0 Å². The largest absolute Gasteiger partial charge is 0.351 e. The highest BCUT2D eigenvalue weighted by Crippen LogP contribution is 2.43. The van der Waals surface area contributed by atoms with E-state index in [4.69, 9.17) is 5.73 Å². The van der Waals surface area contributed by atoms with Crippen molar-refractivity contribution in [2.24, 2.45) is 11.1 Å². The molecule has 0 unspecified atom stereocenters. The van der Waals surface area contributed by atoms with Gasteiger partial charge in [0.1, 0.15) is 0 Å². The van der Waals surface area contributed by atoms with Crippen molar-refractivity contribution in [1.82, 2.24) is 5.32 Å². The molecule has 0 atom stereocenters. The first-order chi connectivity index (χ1) is 8.49. The number of carbonyl (C=O) groups excluding carboxylic acids is 1. The van der Waals surface area contributed by atoms with Crippen LogP contribution < -0.4 is 11.1 Å². The first-order valence-corrected chi connectivity index (χ1v) is 6.54. The fraction of sp³-hybridized carbons (Fsp3) is 0.533. The second-order valence-corrected chi connectivity index (χ2v) is 5.57. The summed E-state index contributed by atoms with van der Waals surface area (Å²) in [5.41, 5.74) is 10.2. The van der Waals surface area contributed by atoms with Gasteiger partial charge in [0.05, 0.1) is 0 Å². The fourth-order valence-electron chi connectivity index (χ4n) is 2.19. The molecule has 0 aliphatic heterocycles. The number of benzene rings is 1. The molecule has 1 aliphatic carbocycles. The van der Waals surface area contributed by atoms with Gasteiger partial charge in [0.15, 0.2) is 0 Å². The molecular formula is C15H22N2O. The Kier molecular flexibility index (Phi) is 3.44. The summed E-state index contributed by atoms with van der Waals surface area (Å²) in [5, 5.41) is 3.02. The number of nitrogens with two attached hydrogens (primary N) is 1. The van der Waals surface area contributed by atoms with Crippen LogP contribution in [-0.4, -0.2) is 19.0 Å². The number of nitrogens with one attached hydrogen (secondary N) is 1. The van der Waals surface area contributed by atoms with Gasteiger partial charge in [-0.3, -0.25) is 4.79 Å². The first kappa shape index (κ1) is 13.1. The van der Waals surface area contributed by atoms with E-state index in [9.17, 15) is 4.79 Å². The lowest BCUT2D eigenvalue weighted by molar-refractivity contribution is 0.0944. The van der Waals surface area contributed by atoms with Crippen LogP contribution >= 0.6 is 0 Å². The van der Waals surface area contributed by atoms with E-state index < -0.39 is 0 Å². The molecule has 0 radical (unpaired) electrons. The molecule has 2 rings (SSSR count). The minimum Gasteiger partial charge on any atom is -0.351 e. The summed E-state index contributed by atoms with van der Waals surface area (Å²) in [6.07, 6.45) is 2.27. The van der Waals surface area contributed by atoms with Crippen LogP contribution in [0.2, 0.25) is 0 Å². The van der Waals surface area contributed by atoms with Crippen LogP contribution in [0, 0.1) is 26.2 Å². The molecule has 1 aromatic rings. The molecule has 0 spiro atoms. The van der Waals surface area contributed by atoms with Crippen molar-refractivity contribution in [3.8, 4) is 0 Å². The van der Waals surface area contributed by atoms with Gasteiger partial charge in [-0.25, -0.2) is 0 Å². The van der Waals surface area contributed by atoms with Gasteiger partial charge in [-0.15, -0.1) is 0 Å². The Labute approximate surface area is 109 Å². The number of hydrogen-bond acceptors (Lipinski definition) is 2. The molecule has 3 N–H and O–H groups in total. The maximum absolute atomic E-state index is 12.2. The number of amides is 1. The molecule has 1 saturated carbocycles. The van der Waals surface area contributed by atoms with E-state index in [0.29, 0.717) is 13.1 Å².